The number of anilines is 1. The summed E-state index contributed by atoms with van der Waals surface area (Å²) in [5.74, 6) is 0.252. The van der Waals surface area contributed by atoms with Crippen LogP contribution in [-0.4, -0.2) is 39.2 Å². The Hall–Kier alpha value is -1.02. The first-order valence-electron chi connectivity index (χ1n) is 5.07. The molecule has 6 nitrogen and oxygen atoms in total. The summed E-state index contributed by atoms with van der Waals surface area (Å²) in [4.78, 5) is -0.0894. The second-order valence-electron chi connectivity index (χ2n) is 3.60. The third-order valence-electron chi connectivity index (χ3n) is 2.19. The van der Waals surface area contributed by atoms with Crippen molar-refractivity contribution in [3.8, 4) is 5.75 Å². The standard InChI is InChI=1S/C10H15ClN2O4S/c1-17-9-4-7(13-6-8(14)5-11)2-3-10(9)18(12,15)16/h2-4,8,13-14H,5-6H2,1H3,(H2,12,15,16). The fourth-order valence-electron chi connectivity index (χ4n) is 1.30. The molecule has 1 unspecified atom stereocenters. The largest absolute Gasteiger partial charge is 0.495 e. The Balaban J connectivity index is 2.93. The van der Waals surface area contributed by atoms with E-state index in [0.29, 0.717) is 5.69 Å². The van der Waals surface area contributed by atoms with Gasteiger partial charge in [-0.05, 0) is 12.1 Å². The molecule has 0 aliphatic rings. The second kappa shape index (κ2) is 6.24. The minimum atomic E-state index is -3.82. The monoisotopic (exact) mass is 294 g/mol. The fourth-order valence-corrected chi connectivity index (χ4v) is 2.09. The summed E-state index contributed by atoms with van der Waals surface area (Å²) in [5.41, 5.74) is 0.600. The number of nitrogens with one attached hydrogen (secondary N) is 1. The number of methoxy groups -OCH3 is 1. The summed E-state index contributed by atoms with van der Waals surface area (Å²) in [6.45, 7) is 0.251. The lowest BCUT2D eigenvalue weighted by molar-refractivity contribution is 0.211. The van der Waals surface area contributed by atoms with Gasteiger partial charge in [0.1, 0.15) is 10.6 Å². The molecule has 0 saturated heterocycles. The summed E-state index contributed by atoms with van der Waals surface area (Å²) in [6, 6.07) is 4.35. The summed E-state index contributed by atoms with van der Waals surface area (Å²) < 4.78 is 27.5. The Morgan fingerprint density at radius 2 is 2.22 bits per heavy atom. The normalized spacial score (nSPS) is 13.1. The number of nitrogens with two attached hydrogens (primary N) is 1. The Morgan fingerprint density at radius 1 is 1.56 bits per heavy atom. The van der Waals surface area contributed by atoms with E-state index in [-0.39, 0.29) is 23.1 Å². The summed E-state index contributed by atoms with van der Waals surface area (Å²) >= 11 is 5.45. The van der Waals surface area contributed by atoms with Gasteiger partial charge >= 0.3 is 0 Å². The number of alkyl halides is 1. The van der Waals surface area contributed by atoms with Crippen molar-refractivity contribution >= 4 is 27.3 Å². The molecule has 1 aromatic rings. The van der Waals surface area contributed by atoms with E-state index in [1.54, 1.807) is 0 Å². The van der Waals surface area contributed by atoms with Gasteiger partial charge in [0.25, 0.3) is 0 Å². The van der Waals surface area contributed by atoms with Crippen molar-refractivity contribution < 1.29 is 18.3 Å². The van der Waals surface area contributed by atoms with E-state index >= 15 is 0 Å². The molecule has 4 N–H and O–H groups in total. The maximum absolute atomic E-state index is 11.3. The minimum Gasteiger partial charge on any atom is -0.495 e. The topological polar surface area (TPSA) is 102 Å². The Labute approximate surface area is 111 Å². The van der Waals surface area contributed by atoms with Gasteiger partial charge in [-0.2, -0.15) is 0 Å². The summed E-state index contributed by atoms with van der Waals surface area (Å²) in [5, 5.41) is 17.2. The van der Waals surface area contributed by atoms with Gasteiger partial charge in [-0.15, -0.1) is 11.6 Å². The van der Waals surface area contributed by atoms with Gasteiger partial charge in [0, 0.05) is 18.3 Å². The van der Waals surface area contributed by atoms with Crippen molar-refractivity contribution in [2.45, 2.75) is 11.0 Å². The van der Waals surface area contributed by atoms with Gasteiger partial charge in [-0.1, -0.05) is 0 Å². The number of hydrogen-bond donors (Lipinski definition) is 3. The van der Waals surface area contributed by atoms with E-state index in [0.717, 1.165) is 0 Å². The number of sulfonamides is 1. The number of benzene rings is 1. The molecule has 0 aromatic heterocycles. The van der Waals surface area contributed by atoms with E-state index in [1.807, 2.05) is 0 Å². The minimum absolute atomic E-state index is 0.0894. The van der Waals surface area contributed by atoms with Crippen LogP contribution in [0.1, 0.15) is 0 Å². The van der Waals surface area contributed by atoms with Crippen LogP contribution in [0.4, 0.5) is 5.69 Å². The van der Waals surface area contributed by atoms with Crippen LogP contribution in [0.25, 0.3) is 0 Å². The van der Waals surface area contributed by atoms with Crippen LogP contribution in [-0.2, 0) is 10.0 Å². The molecule has 102 valence electrons. The van der Waals surface area contributed by atoms with Gasteiger partial charge in [0.15, 0.2) is 0 Å². The molecule has 0 aliphatic heterocycles. The quantitative estimate of drug-likeness (QED) is 0.657. The van der Waals surface area contributed by atoms with Crippen LogP contribution >= 0.6 is 11.6 Å². The van der Waals surface area contributed by atoms with Gasteiger partial charge in [0.05, 0.1) is 19.1 Å². The van der Waals surface area contributed by atoms with Crippen molar-refractivity contribution in [1.29, 1.82) is 0 Å². The highest BCUT2D eigenvalue weighted by molar-refractivity contribution is 7.89. The molecule has 8 heteroatoms. The summed E-state index contributed by atoms with van der Waals surface area (Å²) in [6.07, 6.45) is -0.685. The molecular formula is C10H15ClN2O4S. The lowest BCUT2D eigenvalue weighted by Crippen LogP contribution is -2.21. The number of rotatable bonds is 6. The molecule has 0 spiro atoms. The lowest BCUT2D eigenvalue weighted by Gasteiger charge is -2.12. The molecule has 0 fully saturated rings. The first-order valence-corrected chi connectivity index (χ1v) is 7.15. The first kappa shape index (κ1) is 15.0. The SMILES string of the molecule is COc1cc(NCC(O)CCl)ccc1S(N)(=O)=O. The first-order chi connectivity index (χ1) is 8.38. The van der Waals surface area contributed by atoms with Crippen molar-refractivity contribution in [1.82, 2.24) is 0 Å². The predicted molar refractivity (Wildman–Crippen MR) is 69.6 cm³/mol. The molecule has 0 radical (unpaired) electrons. The molecule has 1 aromatic carbocycles. The Bertz CT molecular complexity index is 507. The number of ether oxygens (including phenoxy) is 1. The smallest absolute Gasteiger partial charge is 0.241 e. The molecule has 0 saturated carbocycles. The van der Waals surface area contributed by atoms with Crippen LogP contribution in [0.5, 0.6) is 5.75 Å². The molecule has 1 rings (SSSR count). The summed E-state index contributed by atoms with van der Waals surface area (Å²) in [7, 11) is -2.47. The highest BCUT2D eigenvalue weighted by atomic mass is 35.5. The van der Waals surface area contributed by atoms with Crippen LogP contribution in [0.2, 0.25) is 0 Å². The number of halogens is 1. The van der Waals surface area contributed by atoms with Crippen LogP contribution in [0.15, 0.2) is 23.1 Å². The van der Waals surface area contributed by atoms with Gasteiger partial charge in [-0.25, -0.2) is 13.6 Å². The average molecular weight is 295 g/mol. The Kier molecular flexibility index (Phi) is 5.21. The predicted octanol–water partition coefficient (Wildman–Crippen LogP) is 0.354. The molecule has 0 heterocycles. The van der Waals surface area contributed by atoms with E-state index in [4.69, 9.17) is 21.5 Å². The number of hydrogen-bond acceptors (Lipinski definition) is 5. The van der Waals surface area contributed by atoms with E-state index in [9.17, 15) is 13.5 Å². The molecule has 1 atom stereocenters. The Morgan fingerprint density at radius 3 is 2.72 bits per heavy atom. The van der Waals surface area contributed by atoms with Gasteiger partial charge in [0.2, 0.25) is 10.0 Å². The fraction of sp³-hybridized carbons (Fsp3) is 0.400. The van der Waals surface area contributed by atoms with Crippen LogP contribution in [0, 0.1) is 0 Å². The van der Waals surface area contributed by atoms with E-state index < -0.39 is 16.1 Å². The molecule has 0 amide bonds. The highest BCUT2D eigenvalue weighted by Gasteiger charge is 2.15. The lowest BCUT2D eigenvalue weighted by atomic mass is 10.3. The van der Waals surface area contributed by atoms with Crippen LogP contribution in [0.3, 0.4) is 0 Å². The number of primary sulfonamides is 1. The molecule has 0 aliphatic carbocycles. The number of aliphatic hydroxyl groups is 1. The van der Waals surface area contributed by atoms with E-state index in [2.05, 4.69) is 5.32 Å². The van der Waals surface area contributed by atoms with Crippen molar-refractivity contribution in [2.75, 3.05) is 24.9 Å². The van der Waals surface area contributed by atoms with Crippen LogP contribution < -0.4 is 15.2 Å². The average Bonchev–Trinajstić information content (AvgIpc) is 2.34. The molecule has 18 heavy (non-hydrogen) atoms. The second-order valence-corrected chi connectivity index (χ2v) is 5.44. The van der Waals surface area contributed by atoms with Crippen molar-refractivity contribution in [2.24, 2.45) is 5.14 Å². The maximum Gasteiger partial charge on any atom is 0.241 e. The van der Waals surface area contributed by atoms with Gasteiger partial charge < -0.3 is 15.2 Å². The zero-order valence-electron chi connectivity index (χ0n) is 9.76. The molecule has 0 bridgehead atoms. The maximum atomic E-state index is 11.3. The van der Waals surface area contributed by atoms with Gasteiger partial charge in [-0.3, -0.25) is 0 Å². The zero-order chi connectivity index (χ0) is 13.8. The number of aliphatic hydroxyl groups excluding tert-OH is 1. The van der Waals surface area contributed by atoms with Crippen molar-refractivity contribution in [3.05, 3.63) is 18.2 Å². The van der Waals surface area contributed by atoms with Crippen molar-refractivity contribution in [3.63, 3.8) is 0 Å². The van der Waals surface area contributed by atoms with E-state index in [1.165, 1.54) is 25.3 Å². The highest BCUT2D eigenvalue weighted by Crippen LogP contribution is 2.26. The third-order valence-corrected chi connectivity index (χ3v) is 3.50. The molecular weight excluding hydrogens is 280 g/mol. The zero-order valence-corrected chi connectivity index (χ0v) is 11.3. The third kappa shape index (κ3) is 4.02.